The van der Waals surface area contributed by atoms with Gasteiger partial charge in [0.05, 0.1) is 6.34 Å². The van der Waals surface area contributed by atoms with E-state index in [0.717, 1.165) is 39.1 Å². The Hall–Kier alpha value is -6.79. The molecule has 8 aromatic carbocycles. The Balaban J connectivity index is 0.885. The van der Waals surface area contributed by atoms with Crippen molar-refractivity contribution in [2.24, 2.45) is 4.99 Å². The molecule has 268 valence electrons. The standard InChI is InChI=1S/C52H32N2OS2/c1-3-22-46-40(16-1)42-20-8-18-38(51(42)56-46)35-13-6-12-33(27-35)31-10-5-11-32(26-31)34-24-25-45-44(29-34)49-50(55-45)48(53-30-54-49)37-15-7-14-36(28-37)39-19-9-21-43-41-17-2-4-23-47(41)57-52(39)43/h1-30,48H,(H,53,54). The molecule has 4 heterocycles. The lowest BCUT2D eigenvalue weighted by Crippen LogP contribution is -2.23. The maximum absolute atomic E-state index is 6.63. The van der Waals surface area contributed by atoms with Crippen LogP contribution in [-0.2, 0) is 0 Å². The Kier molecular flexibility index (Phi) is 7.34. The van der Waals surface area contributed by atoms with Crippen LogP contribution in [0, 0.1) is 0 Å². The summed E-state index contributed by atoms with van der Waals surface area (Å²) in [5, 5.41) is 9.78. The van der Waals surface area contributed by atoms with Crippen LogP contribution in [0.5, 0.6) is 0 Å². The van der Waals surface area contributed by atoms with Crippen molar-refractivity contribution in [3.8, 4) is 44.5 Å². The van der Waals surface area contributed by atoms with Crippen LogP contribution in [0.15, 0.2) is 185 Å². The van der Waals surface area contributed by atoms with E-state index in [4.69, 9.17) is 9.41 Å². The smallest absolute Gasteiger partial charge is 0.157 e. The Labute approximate surface area is 336 Å². The third kappa shape index (κ3) is 5.27. The van der Waals surface area contributed by atoms with E-state index in [0.29, 0.717) is 0 Å². The fourth-order valence-corrected chi connectivity index (χ4v) is 11.2. The molecule has 0 bridgehead atoms. The highest BCUT2D eigenvalue weighted by Crippen LogP contribution is 2.45. The third-order valence-electron chi connectivity index (χ3n) is 11.4. The molecule has 0 spiro atoms. The van der Waals surface area contributed by atoms with Crippen molar-refractivity contribution in [1.82, 2.24) is 5.32 Å². The van der Waals surface area contributed by atoms with E-state index in [-0.39, 0.29) is 6.04 Å². The first-order valence-corrected chi connectivity index (χ1v) is 20.8. The van der Waals surface area contributed by atoms with Gasteiger partial charge < -0.3 is 9.73 Å². The Bertz CT molecular complexity index is 3420. The van der Waals surface area contributed by atoms with E-state index >= 15 is 0 Å². The zero-order valence-corrected chi connectivity index (χ0v) is 32.2. The van der Waals surface area contributed by atoms with Gasteiger partial charge in [-0.15, -0.1) is 22.7 Å². The summed E-state index contributed by atoms with van der Waals surface area (Å²) in [6.07, 6.45) is 1.82. The molecule has 0 aliphatic carbocycles. The number of fused-ring (bicyclic) bond motifs is 9. The van der Waals surface area contributed by atoms with E-state index in [9.17, 15) is 0 Å². The summed E-state index contributed by atoms with van der Waals surface area (Å²) in [6.45, 7) is 0. The second-order valence-corrected chi connectivity index (χ2v) is 16.8. The van der Waals surface area contributed by atoms with Gasteiger partial charge in [0, 0.05) is 45.7 Å². The van der Waals surface area contributed by atoms with Gasteiger partial charge in [0.25, 0.3) is 0 Å². The highest BCUT2D eigenvalue weighted by atomic mass is 32.1. The normalized spacial score (nSPS) is 13.9. The van der Waals surface area contributed by atoms with Crippen LogP contribution < -0.4 is 5.32 Å². The Morgan fingerprint density at radius 2 is 0.965 bits per heavy atom. The van der Waals surface area contributed by atoms with Gasteiger partial charge in [-0.25, -0.2) is 4.99 Å². The minimum atomic E-state index is -0.163. The summed E-state index contributed by atoms with van der Waals surface area (Å²) >= 11 is 3.73. The summed E-state index contributed by atoms with van der Waals surface area (Å²) in [5.74, 6) is 0.834. The highest BCUT2D eigenvalue weighted by Gasteiger charge is 2.27. The number of aliphatic imine (C=N–C) groups is 1. The SMILES string of the molecule is C1=Nc2c(oc3ccc(-c4cccc(-c5cccc(-c6cccc7c6sc6ccccc67)c5)c4)cc23)C(c2cccc(-c3cccc4c3sc3ccccc34)c2)N1. The zero-order chi connectivity index (χ0) is 37.5. The fraction of sp³-hybridized carbons (Fsp3) is 0.0192. The summed E-state index contributed by atoms with van der Waals surface area (Å²) in [5.41, 5.74) is 12.4. The summed E-state index contributed by atoms with van der Waals surface area (Å²) < 4.78 is 11.9. The minimum Gasteiger partial charge on any atom is -0.456 e. The Morgan fingerprint density at radius 3 is 1.63 bits per heavy atom. The molecule has 0 radical (unpaired) electrons. The largest absolute Gasteiger partial charge is 0.456 e. The molecular formula is C52H32N2OS2. The minimum absolute atomic E-state index is 0.163. The number of thiophene rings is 2. The number of benzene rings is 8. The number of furan rings is 1. The van der Waals surface area contributed by atoms with Crippen molar-refractivity contribution in [1.29, 1.82) is 0 Å². The molecule has 1 N–H and O–H groups in total. The van der Waals surface area contributed by atoms with Crippen LogP contribution >= 0.6 is 22.7 Å². The molecule has 1 aliphatic heterocycles. The molecule has 0 fully saturated rings. The molecule has 57 heavy (non-hydrogen) atoms. The molecule has 0 saturated carbocycles. The lowest BCUT2D eigenvalue weighted by atomic mass is 9.95. The molecule has 1 unspecified atom stereocenters. The van der Waals surface area contributed by atoms with E-state index < -0.39 is 0 Å². The van der Waals surface area contributed by atoms with Gasteiger partial charge >= 0.3 is 0 Å². The molecule has 5 heteroatoms. The molecule has 12 rings (SSSR count). The Morgan fingerprint density at radius 1 is 0.439 bits per heavy atom. The first-order valence-electron chi connectivity index (χ1n) is 19.2. The van der Waals surface area contributed by atoms with Crippen molar-refractivity contribution in [2.75, 3.05) is 0 Å². The molecule has 3 nitrogen and oxygen atoms in total. The van der Waals surface area contributed by atoms with Gasteiger partial charge in [0.15, 0.2) is 5.76 Å². The quantitative estimate of drug-likeness (QED) is 0.189. The van der Waals surface area contributed by atoms with Crippen LogP contribution in [0.3, 0.4) is 0 Å². The average Bonchev–Trinajstić information content (AvgIpc) is 3.98. The van der Waals surface area contributed by atoms with E-state index in [1.807, 2.05) is 29.0 Å². The van der Waals surface area contributed by atoms with Crippen molar-refractivity contribution in [3.63, 3.8) is 0 Å². The van der Waals surface area contributed by atoms with E-state index in [1.54, 1.807) is 0 Å². The first kappa shape index (κ1) is 32.5. The van der Waals surface area contributed by atoms with Gasteiger partial charge in [-0.2, -0.15) is 0 Å². The van der Waals surface area contributed by atoms with Gasteiger partial charge in [-0.1, -0.05) is 133 Å². The van der Waals surface area contributed by atoms with Gasteiger partial charge in [0.1, 0.15) is 17.3 Å². The maximum Gasteiger partial charge on any atom is 0.157 e. The predicted molar refractivity (Wildman–Crippen MR) is 243 cm³/mol. The number of hydrogen-bond acceptors (Lipinski definition) is 5. The second-order valence-electron chi connectivity index (χ2n) is 14.7. The second kappa shape index (κ2) is 12.9. The van der Waals surface area contributed by atoms with Crippen molar-refractivity contribution < 1.29 is 4.42 Å². The van der Waals surface area contributed by atoms with Crippen LogP contribution in [0.2, 0.25) is 0 Å². The van der Waals surface area contributed by atoms with E-state index in [1.165, 1.54) is 73.7 Å². The summed E-state index contributed by atoms with van der Waals surface area (Å²) in [7, 11) is 0. The predicted octanol–water partition coefficient (Wildman–Crippen LogP) is 15.2. The topological polar surface area (TPSA) is 37.5 Å². The summed E-state index contributed by atoms with van der Waals surface area (Å²) in [4.78, 5) is 4.85. The fourth-order valence-electron chi connectivity index (χ4n) is 8.69. The number of nitrogens with one attached hydrogen (secondary N) is 1. The van der Waals surface area contributed by atoms with Crippen LogP contribution in [-0.4, -0.2) is 6.34 Å². The van der Waals surface area contributed by atoms with Crippen LogP contribution in [0.25, 0.3) is 95.8 Å². The first-order chi connectivity index (χ1) is 28.2. The number of hydrogen-bond donors (Lipinski definition) is 1. The average molecular weight is 765 g/mol. The van der Waals surface area contributed by atoms with Gasteiger partial charge in [-0.05, 0) is 92.5 Å². The summed E-state index contributed by atoms with van der Waals surface area (Å²) in [6, 6.07) is 63.6. The lowest BCUT2D eigenvalue weighted by molar-refractivity contribution is 0.506. The maximum atomic E-state index is 6.63. The van der Waals surface area contributed by atoms with E-state index in [2.05, 4.69) is 181 Å². The molecule has 0 amide bonds. The van der Waals surface area contributed by atoms with Gasteiger partial charge in [-0.3, -0.25) is 0 Å². The molecule has 0 saturated heterocycles. The third-order valence-corrected chi connectivity index (χ3v) is 13.9. The molecule has 3 aromatic heterocycles. The van der Waals surface area contributed by atoms with Crippen molar-refractivity contribution in [2.45, 2.75) is 6.04 Å². The zero-order valence-electron chi connectivity index (χ0n) is 30.6. The molecule has 1 aliphatic rings. The van der Waals surface area contributed by atoms with Gasteiger partial charge in [0.2, 0.25) is 0 Å². The highest BCUT2D eigenvalue weighted by molar-refractivity contribution is 7.26. The molecule has 11 aromatic rings. The van der Waals surface area contributed by atoms with Crippen molar-refractivity contribution in [3.05, 3.63) is 187 Å². The molecule has 1 atom stereocenters. The number of rotatable bonds is 5. The van der Waals surface area contributed by atoms with Crippen LogP contribution in [0.1, 0.15) is 17.4 Å². The number of nitrogens with zero attached hydrogens (tertiary/aromatic N) is 1. The monoisotopic (exact) mass is 764 g/mol. The van der Waals surface area contributed by atoms with Crippen LogP contribution in [0.4, 0.5) is 5.69 Å². The molecular weight excluding hydrogens is 733 g/mol. The lowest BCUT2D eigenvalue weighted by Gasteiger charge is -2.20. The van der Waals surface area contributed by atoms with Crippen molar-refractivity contribution >= 4 is 86.0 Å².